The Morgan fingerprint density at radius 3 is 1.37 bits per heavy atom. The molecular weight excluding hydrogens is 605 g/mol. The lowest BCUT2D eigenvalue weighted by Gasteiger charge is -2.25. The van der Waals surface area contributed by atoms with Crippen LogP contribution in [0.5, 0.6) is 0 Å². The number of allylic oxidation sites excluding steroid dienone is 8. The molecule has 0 bridgehead atoms. The lowest BCUT2D eigenvalue weighted by atomic mass is 10.1. The molecule has 49 heavy (non-hydrogen) atoms. The van der Waals surface area contributed by atoms with Crippen molar-refractivity contribution in [3.8, 4) is 0 Å². The van der Waals surface area contributed by atoms with Gasteiger partial charge in [0.25, 0.3) is 5.91 Å². The number of hydrogen-bond donors (Lipinski definition) is 4. The fourth-order valence-corrected chi connectivity index (χ4v) is 5.69. The van der Waals surface area contributed by atoms with E-state index in [-0.39, 0.29) is 11.9 Å². The summed E-state index contributed by atoms with van der Waals surface area (Å²) in [6.07, 6.45) is 49.4. The summed E-state index contributed by atoms with van der Waals surface area (Å²) in [5.74, 6) is -0.0319. The van der Waals surface area contributed by atoms with Crippen LogP contribution in [0.25, 0.3) is 0 Å². The first-order valence-electron chi connectivity index (χ1n) is 20.5. The molecule has 0 aliphatic rings. The first kappa shape index (κ1) is 46.6. The van der Waals surface area contributed by atoms with Crippen molar-refractivity contribution in [1.29, 1.82) is 0 Å². The summed E-state index contributed by atoms with van der Waals surface area (Å²) in [7, 11) is 0. The number of nitrogens with two attached hydrogens (primary N) is 3. The SMILES string of the molecule is CCCCC/C=C\C/C=C\CCCCCCCCN(CCCCCCCC/C=C\C/C=C\CCCCC)NC(=O)C(N)CCCN=C(N)N. The lowest BCUT2D eigenvalue weighted by Crippen LogP contribution is -2.50. The van der Waals surface area contributed by atoms with Crippen molar-refractivity contribution in [1.82, 2.24) is 10.4 Å². The average molecular weight is 685 g/mol. The van der Waals surface area contributed by atoms with Gasteiger partial charge in [-0.15, -0.1) is 0 Å². The highest BCUT2D eigenvalue weighted by Crippen LogP contribution is 2.11. The minimum atomic E-state index is -0.552. The summed E-state index contributed by atoms with van der Waals surface area (Å²) in [4.78, 5) is 16.8. The molecule has 0 spiro atoms. The smallest absolute Gasteiger partial charge is 0.251 e. The zero-order valence-electron chi connectivity index (χ0n) is 32.2. The number of carbonyl (C=O) groups is 1. The van der Waals surface area contributed by atoms with Crippen LogP contribution in [0.3, 0.4) is 0 Å². The Kier molecular flexibility index (Phi) is 36.6. The van der Waals surface area contributed by atoms with E-state index in [1.165, 1.54) is 128 Å². The molecule has 1 amide bonds. The van der Waals surface area contributed by atoms with Gasteiger partial charge in [-0.25, -0.2) is 5.01 Å². The molecule has 1 atom stereocenters. The summed E-state index contributed by atoms with van der Waals surface area (Å²) < 4.78 is 0. The molecule has 0 heterocycles. The van der Waals surface area contributed by atoms with Crippen molar-refractivity contribution in [2.75, 3.05) is 19.6 Å². The maximum Gasteiger partial charge on any atom is 0.251 e. The van der Waals surface area contributed by atoms with E-state index in [1.807, 2.05) is 0 Å². The Morgan fingerprint density at radius 2 is 0.959 bits per heavy atom. The number of nitrogens with zero attached hydrogens (tertiary/aromatic N) is 2. The summed E-state index contributed by atoms with van der Waals surface area (Å²) >= 11 is 0. The molecule has 0 aromatic carbocycles. The number of aliphatic imine (C=N–C) groups is 1. The first-order chi connectivity index (χ1) is 24.0. The number of amides is 1. The number of rotatable bonds is 36. The Morgan fingerprint density at radius 1 is 0.571 bits per heavy atom. The summed E-state index contributed by atoms with van der Waals surface area (Å²) in [5.41, 5.74) is 20.1. The van der Waals surface area contributed by atoms with Gasteiger partial charge in [-0.2, -0.15) is 0 Å². The van der Waals surface area contributed by atoms with Gasteiger partial charge in [0.15, 0.2) is 5.96 Å². The highest BCUT2D eigenvalue weighted by atomic mass is 16.2. The second-order valence-corrected chi connectivity index (χ2v) is 13.7. The Hall–Kier alpha value is -2.38. The maximum atomic E-state index is 12.8. The molecule has 7 heteroatoms. The predicted molar refractivity (Wildman–Crippen MR) is 216 cm³/mol. The molecule has 0 fully saturated rings. The van der Waals surface area contributed by atoms with Crippen LogP contribution in [0.2, 0.25) is 0 Å². The van der Waals surface area contributed by atoms with Crippen LogP contribution >= 0.6 is 0 Å². The molecule has 7 nitrogen and oxygen atoms in total. The Labute approximate surface area is 303 Å². The van der Waals surface area contributed by atoms with Crippen molar-refractivity contribution in [2.45, 2.75) is 187 Å². The third-order valence-corrected chi connectivity index (χ3v) is 8.83. The van der Waals surface area contributed by atoms with Crippen LogP contribution in [-0.4, -0.2) is 42.6 Å². The molecule has 0 radical (unpaired) electrons. The zero-order valence-corrected chi connectivity index (χ0v) is 32.2. The number of hydrogen-bond acceptors (Lipinski definition) is 4. The molecule has 1 unspecified atom stereocenters. The first-order valence-corrected chi connectivity index (χ1v) is 20.5. The summed E-state index contributed by atoms with van der Waals surface area (Å²) in [6.45, 7) is 6.75. The van der Waals surface area contributed by atoms with Gasteiger partial charge in [-0.1, -0.05) is 140 Å². The number of nitrogens with one attached hydrogen (secondary N) is 1. The lowest BCUT2D eigenvalue weighted by molar-refractivity contribution is -0.127. The molecule has 7 N–H and O–H groups in total. The number of carbonyl (C=O) groups excluding carboxylic acids is 1. The van der Waals surface area contributed by atoms with Gasteiger partial charge in [-0.05, 0) is 89.9 Å². The van der Waals surface area contributed by atoms with E-state index >= 15 is 0 Å². The standard InChI is InChI=1S/C42H80N6O/c1-3-5-7-9-11-13-15-17-19-21-23-25-27-29-31-33-38-48(47-41(49)40(43)36-35-37-46-42(44)45)39-34-32-30-28-26-24-22-20-18-16-14-12-10-8-6-4-2/h11-14,17-20,40H,3-10,15-16,21-39,43H2,1-2H3,(H,47,49)(H4,44,45,46)/b13-11-,14-12-,19-17-,20-18-. The van der Waals surface area contributed by atoms with Gasteiger partial charge in [-0.3, -0.25) is 15.2 Å². The van der Waals surface area contributed by atoms with Crippen LogP contribution in [0.15, 0.2) is 53.6 Å². The fraction of sp³-hybridized carbons (Fsp3) is 0.762. The van der Waals surface area contributed by atoms with Crippen LogP contribution in [0.4, 0.5) is 0 Å². The van der Waals surface area contributed by atoms with Gasteiger partial charge >= 0.3 is 0 Å². The highest BCUT2D eigenvalue weighted by Gasteiger charge is 2.16. The summed E-state index contributed by atoms with van der Waals surface area (Å²) in [6, 6.07) is -0.552. The summed E-state index contributed by atoms with van der Waals surface area (Å²) in [5, 5.41) is 2.12. The molecule has 0 rings (SSSR count). The molecule has 284 valence electrons. The molecule has 0 aromatic heterocycles. The average Bonchev–Trinajstić information content (AvgIpc) is 3.09. The second kappa shape index (κ2) is 38.4. The molecule has 0 aromatic rings. The van der Waals surface area contributed by atoms with E-state index in [0.717, 1.165) is 38.8 Å². The van der Waals surface area contributed by atoms with Crippen LogP contribution < -0.4 is 22.6 Å². The van der Waals surface area contributed by atoms with Gasteiger partial charge in [0.2, 0.25) is 0 Å². The van der Waals surface area contributed by atoms with E-state index < -0.39 is 6.04 Å². The third-order valence-electron chi connectivity index (χ3n) is 8.83. The normalized spacial score (nSPS) is 12.7. The number of unbranched alkanes of at least 4 members (excludes halogenated alkanes) is 18. The quantitative estimate of drug-likeness (QED) is 0.0172. The van der Waals surface area contributed by atoms with Crippen molar-refractivity contribution >= 4 is 11.9 Å². The van der Waals surface area contributed by atoms with Crippen LogP contribution in [0, 0.1) is 0 Å². The number of guanidine groups is 1. The molecule has 0 saturated carbocycles. The Balaban J connectivity index is 4.23. The highest BCUT2D eigenvalue weighted by molar-refractivity contribution is 5.81. The minimum absolute atomic E-state index is 0.0748. The van der Waals surface area contributed by atoms with Crippen LogP contribution in [-0.2, 0) is 4.79 Å². The zero-order chi connectivity index (χ0) is 35.9. The minimum Gasteiger partial charge on any atom is -0.370 e. The largest absolute Gasteiger partial charge is 0.370 e. The fourth-order valence-electron chi connectivity index (χ4n) is 5.69. The van der Waals surface area contributed by atoms with E-state index in [0.29, 0.717) is 19.4 Å². The van der Waals surface area contributed by atoms with Gasteiger partial charge in [0, 0.05) is 19.6 Å². The molecule has 0 saturated heterocycles. The van der Waals surface area contributed by atoms with Crippen molar-refractivity contribution < 1.29 is 4.79 Å². The topological polar surface area (TPSA) is 123 Å². The van der Waals surface area contributed by atoms with E-state index in [4.69, 9.17) is 17.2 Å². The predicted octanol–water partition coefficient (Wildman–Crippen LogP) is 10.3. The molecule has 0 aliphatic heterocycles. The number of hydrazine groups is 1. The molecular formula is C42H80N6O. The van der Waals surface area contributed by atoms with Crippen LogP contribution in [0.1, 0.15) is 181 Å². The Bertz CT molecular complexity index is 813. The van der Waals surface area contributed by atoms with Crippen molar-refractivity contribution in [3.63, 3.8) is 0 Å². The monoisotopic (exact) mass is 685 g/mol. The molecule has 0 aliphatic carbocycles. The second-order valence-electron chi connectivity index (χ2n) is 13.7. The van der Waals surface area contributed by atoms with Crippen molar-refractivity contribution in [2.24, 2.45) is 22.2 Å². The van der Waals surface area contributed by atoms with E-state index in [2.05, 4.69) is 77.9 Å². The van der Waals surface area contributed by atoms with Gasteiger partial charge in [0.1, 0.15) is 0 Å². The van der Waals surface area contributed by atoms with Gasteiger partial charge in [0.05, 0.1) is 6.04 Å². The third kappa shape index (κ3) is 36.7. The maximum absolute atomic E-state index is 12.8. The van der Waals surface area contributed by atoms with Crippen molar-refractivity contribution in [3.05, 3.63) is 48.6 Å². The van der Waals surface area contributed by atoms with E-state index in [9.17, 15) is 4.79 Å². The van der Waals surface area contributed by atoms with Gasteiger partial charge < -0.3 is 17.2 Å². The van der Waals surface area contributed by atoms with E-state index in [1.54, 1.807) is 0 Å².